The van der Waals surface area contributed by atoms with Crippen LogP contribution in [-0.4, -0.2) is 22.2 Å². The van der Waals surface area contributed by atoms with Crippen molar-refractivity contribution in [3.8, 4) is 11.8 Å². The number of hydrogen-bond donors (Lipinski definition) is 2. The van der Waals surface area contributed by atoms with Crippen molar-refractivity contribution >= 4 is 5.91 Å². The summed E-state index contributed by atoms with van der Waals surface area (Å²) in [6, 6.07) is 5.67. The standard InChI is InChI=1S/C15H15FN4O/c1-20-13(6-8-19-20)10-18-15(21)14-5-4-12(16)9-11(14)3-2-7-17/h4-6,8-9H,7,10,17H2,1H3,(H,18,21). The number of nitrogens with one attached hydrogen (secondary N) is 1. The minimum Gasteiger partial charge on any atom is -0.346 e. The molecule has 0 aliphatic heterocycles. The number of aromatic nitrogens is 2. The predicted octanol–water partition coefficient (Wildman–Crippen LogP) is 0.799. The van der Waals surface area contributed by atoms with Gasteiger partial charge in [0.15, 0.2) is 0 Å². The number of benzene rings is 1. The zero-order valence-corrected chi connectivity index (χ0v) is 11.6. The summed E-state index contributed by atoms with van der Waals surface area (Å²) >= 11 is 0. The molecule has 0 saturated carbocycles. The van der Waals surface area contributed by atoms with Gasteiger partial charge >= 0.3 is 0 Å². The fraction of sp³-hybridized carbons (Fsp3) is 0.200. The molecule has 1 heterocycles. The number of halogens is 1. The van der Waals surface area contributed by atoms with Crippen LogP contribution in [0.3, 0.4) is 0 Å². The van der Waals surface area contributed by atoms with E-state index in [0.717, 1.165) is 5.69 Å². The molecule has 0 atom stereocenters. The van der Waals surface area contributed by atoms with E-state index in [-0.39, 0.29) is 12.5 Å². The third-order valence-electron chi connectivity index (χ3n) is 2.90. The van der Waals surface area contributed by atoms with Crippen LogP contribution >= 0.6 is 0 Å². The SMILES string of the molecule is Cn1nccc1CNC(=O)c1ccc(F)cc1C#CCN. The first-order chi connectivity index (χ1) is 10.1. The third-order valence-corrected chi connectivity index (χ3v) is 2.90. The average molecular weight is 286 g/mol. The fourth-order valence-corrected chi connectivity index (χ4v) is 1.80. The van der Waals surface area contributed by atoms with Crippen LogP contribution in [0.25, 0.3) is 0 Å². The molecule has 0 saturated heterocycles. The minimum atomic E-state index is -0.445. The zero-order chi connectivity index (χ0) is 15.2. The van der Waals surface area contributed by atoms with Crippen LogP contribution in [0, 0.1) is 17.7 Å². The van der Waals surface area contributed by atoms with Crippen molar-refractivity contribution in [1.82, 2.24) is 15.1 Å². The van der Waals surface area contributed by atoms with Crippen molar-refractivity contribution in [3.63, 3.8) is 0 Å². The Morgan fingerprint density at radius 2 is 2.29 bits per heavy atom. The van der Waals surface area contributed by atoms with Gasteiger partial charge in [-0.15, -0.1) is 0 Å². The van der Waals surface area contributed by atoms with E-state index in [2.05, 4.69) is 22.3 Å². The number of carbonyl (C=O) groups is 1. The summed E-state index contributed by atoms with van der Waals surface area (Å²) in [5.74, 6) is 4.56. The molecule has 21 heavy (non-hydrogen) atoms. The highest BCUT2D eigenvalue weighted by Gasteiger charge is 2.11. The molecule has 1 amide bonds. The number of amides is 1. The van der Waals surface area contributed by atoms with Crippen LogP contribution in [0.5, 0.6) is 0 Å². The molecule has 0 unspecified atom stereocenters. The molecule has 6 heteroatoms. The van der Waals surface area contributed by atoms with E-state index >= 15 is 0 Å². The molecule has 0 aliphatic carbocycles. The highest BCUT2D eigenvalue weighted by molar-refractivity contribution is 5.96. The number of carbonyl (C=O) groups excluding carboxylic acids is 1. The van der Waals surface area contributed by atoms with Crippen molar-refractivity contribution in [2.75, 3.05) is 6.54 Å². The van der Waals surface area contributed by atoms with Gasteiger partial charge in [0.2, 0.25) is 0 Å². The van der Waals surface area contributed by atoms with Crippen molar-refractivity contribution in [2.45, 2.75) is 6.54 Å². The Morgan fingerprint density at radius 3 is 2.95 bits per heavy atom. The lowest BCUT2D eigenvalue weighted by atomic mass is 10.1. The van der Waals surface area contributed by atoms with Gasteiger partial charge in [-0.3, -0.25) is 9.48 Å². The lowest BCUT2D eigenvalue weighted by Gasteiger charge is -2.07. The quantitative estimate of drug-likeness (QED) is 0.820. The summed E-state index contributed by atoms with van der Waals surface area (Å²) in [5.41, 5.74) is 6.80. The first-order valence-corrected chi connectivity index (χ1v) is 6.35. The summed E-state index contributed by atoms with van der Waals surface area (Å²) in [7, 11) is 1.79. The first-order valence-electron chi connectivity index (χ1n) is 6.35. The summed E-state index contributed by atoms with van der Waals surface area (Å²) in [6.45, 7) is 0.475. The first kappa shape index (κ1) is 14.8. The topological polar surface area (TPSA) is 72.9 Å². The Kier molecular flexibility index (Phi) is 4.69. The van der Waals surface area contributed by atoms with Crippen molar-refractivity contribution in [2.24, 2.45) is 12.8 Å². The maximum Gasteiger partial charge on any atom is 0.252 e. The molecule has 0 bridgehead atoms. The lowest BCUT2D eigenvalue weighted by Crippen LogP contribution is -2.25. The van der Waals surface area contributed by atoms with Gasteiger partial charge in [-0.25, -0.2) is 4.39 Å². The number of hydrogen-bond acceptors (Lipinski definition) is 3. The Balaban J connectivity index is 2.17. The Morgan fingerprint density at radius 1 is 1.48 bits per heavy atom. The molecule has 5 nitrogen and oxygen atoms in total. The number of rotatable bonds is 3. The van der Waals surface area contributed by atoms with Gasteiger partial charge in [0.1, 0.15) is 5.82 Å². The molecule has 2 aromatic rings. The fourth-order valence-electron chi connectivity index (χ4n) is 1.80. The van der Waals surface area contributed by atoms with Crippen LogP contribution < -0.4 is 11.1 Å². The molecule has 1 aromatic carbocycles. The molecule has 0 aliphatic rings. The van der Waals surface area contributed by atoms with Crippen molar-refractivity contribution < 1.29 is 9.18 Å². The summed E-state index contributed by atoms with van der Waals surface area (Å²) in [4.78, 5) is 12.2. The van der Waals surface area contributed by atoms with E-state index in [4.69, 9.17) is 5.73 Å². The summed E-state index contributed by atoms with van der Waals surface area (Å²) in [5, 5.41) is 6.77. The Hall–Kier alpha value is -2.65. The van der Waals surface area contributed by atoms with Gasteiger partial charge < -0.3 is 11.1 Å². The smallest absolute Gasteiger partial charge is 0.252 e. The van der Waals surface area contributed by atoms with E-state index < -0.39 is 5.82 Å². The maximum atomic E-state index is 13.3. The number of nitrogens with zero attached hydrogens (tertiary/aromatic N) is 2. The normalized spacial score (nSPS) is 9.86. The largest absolute Gasteiger partial charge is 0.346 e. The van der Waals surface area contributed by atoms with Gasteiger partial charge in [0.25, 0.3) is 5.91 Å². The van der Waals surface area contributed by atoms with Gasteiger partial charge in [-0.05, 0) is 24.3 Å². The molecule has 108 valence electrons. The highest BCUT2D eigenvalue weighted by atomic mass is 19.1. The van der Waals surface area contributed by atoms with Crippen LogP contribution in [0.15, 0.2) is 30.5 Å². The predicted molar refractivity (Wildman–Crippen MR) is 76.7 cm³/mol. The Labute approximate surface area is 122 Å². The highest BCUT2D eigenvalue weighted by Crippen LogP contribution is 2.10. The van der Waals surface area contributed by atoms with E-state index in [0.29, 0.717) is 17.7 Å². The van der Waals surface area contributed by atoms with Crippen LogP contribution in [0.4, 0.5) is 4.39 Å². The van der Waals surface area contributed by atoms with Gasteiger partial charge in [-0.1, -0.05) is 11.8 Å². The number of aryl methyl sites for hydroxylation is 1. The second kappa shape index (κ2) is 6.68. The van der Waals surface area contributed by atoms with Crippen LogP contribution in [0.1, 0.15) is 21.6 Å². The minimum absolute atomic E-state index is 0.145. The Bertz CT molecular complexity index is 712. The maximum absolute atomic E-state index is 13.3. The zero-order valence-electron chi connectivity index (χ0n) is 11.6. The molecular formula is C15H15FN4O. The van der Waals surface area contributed by atoms with Gasteiger partial charge in [-0.2, -0.15) is 5.10 Å². The summed E-state index contributed by atoms with van der Waals surface area (Å²) in [6.07, 6.45) is 1.65. The van der Waals surface area contributed by atoms with E-state index in [1.165, 1.54) is 18.2 Å². The molecule has 1 aromatic heterocycles. The van der Waals surface area contributed by atoms with Gasteiger partial charge in [0.05, 0.1) is 24.3 Å². The average Bonchev–Trinajstić information content (AvgIpc) is 2.88. The molecular weight excluding hydrogens is 271 g/mol. The van der Waals surface area contributed by atoms with Crippen LogP contribution in [0.2, 0.25) is 0 Å². The molecule has 0 radical (unpaired) electrons. The third kappa shape index (κ3) is 3.68. The summed E-state index contributed by atoms with van der Waals surface area (Å²) < 4.78 is 14.9. The van der Waals surface area contributed by atoms with E-state index in [1.807, 2.05) is 0 Å². The van der Waals surface area contributed by atoms with Gasteiger partial charge in [0, 0.05) is 18.8 Å². The van der Waals surface area contributed by atoms with Crippen LogP contribution in [-0.2, 0) is 13.6 Å². The van der Waals surface area contributed by atoms with Crippen molar-refractivity contribution in [3.05, 3.63) is 53.1 Å². The lowest BCUT2D eigenvalue weighted by molar-refractivity contribution is 0.0950. The second-order valence-electron chi connectivity index (χ2n) is 4.32. The number of nitrogens with two attached hydrogens (primary N) is 1. The molecule has 3 N–H and O–H groups in total. The van der Waals surface area contributed by atoms with E-state index in [1.54, 1.807) is 24.0 Å². The monoisotopic (exact) mass is 286 g/mol. The van der Waals surface area contributed by atoms with Crippen molar-refractivity contribution in [1.29, 1.82) is 0 Å². The van der Waals surface area contributed by atoms with E-state index in [9.17, 15) is 9.18 Å². The molecule has 0 fully saturated rings. The molecule has 2 rings (SSSR count). The molecule has 0 spiro atoms. The second-order valence-corrected chi connectivity index (χ2v) is 4.32.